The lowest BCUT2D eigenvalue weighted by Gasteiger charge is -2.18. The van der Waals surface area contributed by atoms with Crippen LogP contribution < -0.4 is 19.9 Å². The first-order chi connectivity index (χ1) is 16.5. The summed E-state index contributed by atoms with van der Waals surface area (Å²) in [5, 5.41) is 3.17. The third kappa shape index (κ3) is 4.01. The normalized spacial score (nSPS) is 15.9. The van der Waals surface area contributed by atoms with Gasteiger partial charge in [0, 0.05) is 24.5 Å². The Labute approximate surface area is 197 Å². The van der Waals surface area contributed by atoms with Crippen LogP contribution in [-0.4, -0.2) is 32.0 Å². The zero-order valence-electron chi connectivity index (χ0n) is 18.8. The minimum absolute atomic E-state index is 0.174. The molecule has 0 atom stereocenters. The van der Waals surface area contributed by atoms with Gasteiger partial charge < -0.3 is 15.0 Å². The lowest BCUT2D eigenvalue weighted by atomic mass is 10.0. The van der Waals surface area contributed by atoms with Crippen molar-refractivity contribution < 1.29 is 18.7 Å². The van der Waals surface area contributed by atoms with E-state index < -0.39 is 17.6 Å². The van der Waals surface area contributed by atoms with Crippen molar-refractivity contribution in [2.45, 2.75) is 12.8 Å². The molecule has 6 nitrogen and oxygen atoms in total. The molecule has 5 rings (SSSR count). The average Bonchev–Trinajstić information content (AvgIpc) is 3.48. The van der Waals surface area contributed by atoms with Crippen LogP contribution >= 0.6 is 0 Å². The first-order valence-electron chi connectivity index (χ1n) is 11.2. The predicted molar refractivity (Wildman–Crippen MR) is 130 cm³/mol. The predicted octanol–water partition coefficient (Wildman–Crippen LogP) is 4.83. The Morgan fingerprint density at radius 1 is 0.794 bits per heavy atom. The molecule has 3 aromatic rings. The van der Waals surface area contributed by atoms with E-state index in [4.69, 9.17) is 4.74 Å². The van der Waals surface area contributed by atoms with E-state index in [1.165, 1.54) is 37.1 Å². The molecular formula is C27H24FN3O3. The summed E-state index contributed by atoms with van der Waals surface area (Å²) < 4.78 is 18.7. The van der Waals surface area contributed by atoms with Crippen molar-refractivity contribution in [1.29, 1.82) is 0 Å². The van der Waals surface area contributed by atoms with Gasteiger partial charge >= 0.3 is 0 Å². The molecule has 3 aromatic carbocycles. The highest BCUT2D eigenvalue weighted by atomic mass is 19.1. The number of benzene rings is 3. The maximum absolute atomic E-state index is 13.5. The van der Waals surface area contributed by atoms with E-state index in [0.29, 0.717) is 22.7 Å². The third-order valence-corrected chi connectivity index (χ3v) is 6.16. The highest BCUT2D eigenvalue weighted by Gasteiger charge is 2.40. The fraction of sp³-hybridized carbons (Fsp3) is 0.185. The summed E-state index contributed by atoms with van der Waals surface area (Å²) in [6.07, 6.45) is 2.38. The zero-order chi connectivity index (χ0) is 23.7. The summed E-state index contributed by atoms with van der Waals surface area (Å²) in [4.78, 5) is 30.3. The van der Waals surface area contributed by atoms with Crippen molar-refractivity contribution >= 4 is 34.4 Å². The van der Waals surface area contributed by atoms with Gasteiger partial charge in [0.1, 0.15) is 17.3 Å². The number of anilines is 3. The van der Waals surface area contributed by atoms with E-state index in [-0.39, 0.29) is 11.3 Å². The summed E-state index contributed by atoms with van der Waals surface area (Å²) in [6, 6.07) is 20.1. The number of rotatable bonds is 6. The van der Waals surface area contributed by atoms with E-state index in [2.05, 4.69) is 10.2 Å². The average molecular weight is 458 g/mol. The molecule has 0 bridgehead atoms. The lowest BCUT2D eigenvalue weighted by molar-refractivity contribution is -0.120. The molecule has 1 saturated heterocycles. The van der Waals surface area contributed by atoms with Crippen LogP contribution in [0.2, 0.25) is 0 Å². The van der Waals surface area contributed by atoms with Crippen LogP contribution in [-0.2, 0) is 9.59 Å². The van der Waals surface area contributed by atoms with Gasteiger partial charge in [0.05, 0.1) is 18.4 Å². The molecule has 7 heteroatoms. The quantitative estimate of drug-likeness (QED) is 0.537. The number of nitrogens with zero attached hydrogens (tertiary/aromatic N) is 2. The first-order valence-corrected chi connectivity index (χ1v) is 11.2. The van der Waals surface area contributed by atoms with Gasteiger partial charge in [0.2, 0.25) is 0 Å². The number of hydrogen-bond donors (Lipinski definition) is 1. The van der Waals surface area contributed by atoms with E-state index in [1.807, 2.05) is 24.3 Å². The summed E-state index contributed by atoms with van der Waals surface area (Å²) >= 11 is 0. The Balaban J connectivity index is 1.51. The van der Waals surface area contributed by atoms with Gasteiger partial charge in [-0.15, -0.1) is 0 Å². The van der Waals surface area contributed by atoms with Crippen LogP contribution in [0.3, 0.4) is 0 Å². The van der Waals surface area contributed by atoms with Crippen LogP contribution in [0.5, 0.6) is 5.75 Å². The molecule has 0 unspecified atom stereocenters. The zero-order valence-corrected chi connectivity index (χ0v) is 18.8. The van der Waals surface area contributed by atoms with Gasteiger partial charge in [-0.2, -0.15) is 0 Å². The fourth-order valence-electron chi connectivity index (χ4n) is 4.37. The molecule has 34 heavy (non-hydrogen) atoms. The van der Waals surface area contributed by atoms with Crippen molar-refractivity contribution in [2.24, 2.45) is 0 Å². The molecule has 0 radical (unpaired) electrons. The van der Waals surface area contributed by atoms with Gasteiger partial charge in [-0.25, -0.2) is 9.29 Å². The van der Waals surface area contributed by atoms with E-state index >= 15 is 0 Å². The highest BCUT2D eigenvalue weighted by molar-refractivity contribution is 6.46. The van der Waals surface area contributed by atoms with Crippen molar-refractivity contribution in [2.75, 3.05) is 35.3 Å². The number of amides is 2. The van der Waals surface area contributed by atoms with Gasteiger partial charge in [-0.05, 0) is 79.1 Å². The number of ether oxygens (including phenoxy) is 1. The first kappa shape index (κ1) is 21.7. The monoisotopic (exact) mass is 457 g/mol. The van der Waals surface area contributed by atoms with Crippen molar-refractivity contribution in [3.05, 3.63) is 89.9 Å². The third-order valence-electron chi connectivity index (χ3n) is 6.16. The largest absolute Gasteiger partial charge is 0.497 e. The number of imide groups is 1. The number of halogens is 1. The van der Waals surface area contributed by atoms with Gasteiger partial charge in [-0.1, -0.05) is 12.1 Å². The minimum atomic E-state index is -0.494. The molecule has 172 valence electrons. The van der Waals surface area contributed by atoms with Crippen LogP contribution in [0.1, 0.15) is 18.4 Å². The van der Waals surface area contributed by atoms with Crippen molar-refractivity contribution in [3.8, 4) is 5.75 Å². The van der Waals surface area contributed by atoms with Crippen LogP contribution in [0.25, 0.3) is 5.57 Å². The highest BCUT2D eigenvalue weighted by Crippen LogP contribution is 2.35. The van der Waals surface area contributed by atoms with Crippen molar-refractivity contribution in [3.63, 3.8) is 0 Å². The second-order valence-electron chi connectivity index (χ2n) is 8.27. The number of carbonyl (C=O) groups is 2. The molecule has 2 aliphatic heterocycles. The van der Waals surface area contributed by atoms with Crippen molar-refractivity contribution in [1.82, 2.24) is 0 Å². The number of methoxy groups -OCH3 is 1. The minimum Gasteiger partial charge on any atom is -0.497 e. The molecule has 2 aliphatic rings. The molecule has 0 aromatic heterocycles. The molecule has 0 saturated carbocycles. The van der Waals surface area contributed by atoms with Crippen LogP contribution in [0.15, 0.2) is 78.5 Å². The van der Waals surface area contributed by atoms with Crippen LogP contribution in [0.4, 0.5) is 21.5 Å². The van der Waals surface area contributed by atoms with E-state index in [1.54, 1.807) is 31.4 Å². The maximum atomic E-state index is 13.5. The molecule has 0 spiro atoms. The Morgan fingerprint density at radius 3 is 2.03 bits per heavy atom. The molecule has 2 amide bonds. The van der Waals surface area contributed by atoms with Crippen LogP contribution in [0, 0.1) is 5.82 Å². The Morgan fingerprint density at radius 2 is 1.41 bits per heavy atom. The summed E-state index contributed by atoms with van der Waals surface area (Å²) in [5.74, 6) is -0.768. The topological polar surface area (TPSA) is 61.9 Å². The number of carbonyl (C=O) groups excluding carboxylic acids is 2. The van der Waals surface area contributed by atoms with E-state index in [9.17, 15) is 14.0 Å². The van der Waals surface area contributed by atoms with Gasteiger partial charge in [0.25, 0.3) is 11.8 Å². The molecule has 0 aliphatic carbocycles. The SMILES string of the molecule is COc1ccc(C2=C(Nc3ccc(N4CCCC4)cc3)C(=O)N(c3ccc(F)cc3)C2=O)cc1. The smallest absolute Gasteiger partial charge is 0.282 e. The standard InChI is InChI=1S/C27H24FN3O3/c1-34-23-14-4-18(5-15-23)24-25(27(33)31(26(24)32)22-10-6-19(28)7-11-22)29-20-8-12-21(13-9-20)30-16-2-3-17-30/h4-15,29H,2-3,16-17H2,1H3. The lowest BCUT2D eigenvalue weighted by Crippen LogP contribution is -2.32. The fourth-order valence-corrected chi connectivity index (χ4v) is 4.37. The van der Waals surface area contributed by atoms with E-state index in [0.717, 1.165) is 23.7 Å². The molecule has 1 N–H and O–H groups in total. The molecular weight excluding hydrogens is 433 g/mol. The molecule has 2 heterocycles. The number of nitrogens with one attached hydrogen (secondary N) is 1. The van der Waals surface area contributed by atoms with Gasteiger partial charge in [-0.3, -0.25) is 9.59 Å². The summed E-state index contributed by atoms with van der Waals surface area (Å²) in [6.45, 7) is 2.08. The molecule has 1 fully saturated rings. The Kier molecular flexibility index (Phi) is 5.76. The second-order valence-corrected chi connectivity index (χ2v) is 8.27. The maximum Gasteiger partial charge on any atom is 0.282 e. The summed E-state index contributed by atoms with van der Waals surface area (Å²) in [7, 11) is 1.56. The Hall–Kier alpha value is -4.13. The van der Waals surface area contributed by atoms with Gasteiger partial charge in [0.15, 0.2) is 0 Å². The Bertz CT molecular complexity index is 1250. The summed E-state index contributed by atoms with van der Waals surface area (Å²) in [5.41, 5.74) is 3.15. The number of hydrogen-bond acceptors (Lipinski definition) is 5. The second kappa shape index (κ2) is 9.02.